The topological polar surface area (TPSA) is 136 Å². The first-order valence-electron chi connectivity index (χ1n) is 10.5. The van der Waals surface area contributed by atoms with E-state index in [0.717, 1.165) is 12.4 Å². The highest BCUT2D eigenvalue weighted by Crippen LogP contribution is 2.35. The molecule has 1 saturated heterocycles. The van der Waals surface area contributed by atoms with Crippen molar-refractivity contribution in [2.24, 2.45) is 7.05 Å². The number of rotatable bonds is 4. The third kappa shape index (κ3) is 4.84. The smallest absolute Gasteiger partial charge is 0.433 e. The summed E-state index contributed by atoms with van der Waals surface area (Å²) in [4.78, 5) is 43.2. The summed E-state index contributed by atoms with van der Waals surface area (Å²) in [5.41, 5.74) is -0.873. The molecule has 0 atom stereocenters. The number of carbonyl (C=O) groups is 3. The molecule has 4 rings (SSSR count). The molecule has 0 aliphatic carbocycles. The molecule has 0 saturated carbocycles. The van der Waals surface area contributed by atoms with Crippen LogP contribution in [0.1, 0.15) is 26.7 Å². The molecule has 1 aromatic carbocycles. The van der Waals surface area contributed by atoms with E-state index in [4.69, 9.17) is 16.7 Å². The van der Waals surface area contributed by atoms with Crippen molar-refractivity contribution in [2.75, 3.05) is 31.5 Å². The Kier molecular flexibility index (Phi) is 6.63. The Hall–Kier alpha value is -4.07. The number of imidazole rings is 1. The Morgan fingerprint density at radius 2 is 1.78 bits per heavy atom. The number of halogens is 4. The number of nitrogens with zero attached hydrogens (tertiary/aromatic N) is 5. The van der Waals surface area contributed by atoms with Crippen LogP contribution in [0.4, 0.5) is 23.7 Å². The molecule has 3 aromatic rings. The van der Waals surface area contributed by atoms with Gasteiger partial charge in [-0.15, -0.1) is 0 Å². The maximum atomic E-state index is 13.2. The normalized spacial score (nSPS) is 14.1. The van der Waals surface area contributed by atoms with Crippen molar-refractivity contribution in [3.05, 3.63) is 52.7 Å². The van der Waals surface area contributed by atoms with Gasteiger partial charge in [0.15, 0.2) is 5.82 Å². The van der Waals surface area contributed by atoms with Crippen LogP contribution in [0.3, 0.4) is 0 Å². The van der Waals surface area contributed by atoms with Gasteiger partial charge in [0.25, 0.3) is 11.8 Å². The van der Waals surface area contributed by atoms with Crippen LogP contribution in [0, 0.1) is 0 Å². The van der Waals surface area contributed by atoms with Gasteiger partial charge in [0, 0.05) is 38.9 Å². The number of anilines is 1. The number of nitrogens with one attached hydrogen (secondary N) is 2. The molecule has 0 unspecified atom stereocenters. The average Bonchev–Trinajstić information content (AvgIpc) is 3.45. The quantitative estimate of drug-likeness (QED) is 0.478. The van der Waals surface area contributed by atoms with Crippen molar-refractivity contribution >= 4 is 35.2 Å². The molecule has 190 valence electrons. The summed E-state index contributed by atoms with van der Waals surface area (Å²) in [6.07, 6.45) is -3.59. The molecule has 3 heterocycles. The average molecular weight is 526 g/mol. The van der Waals surface area contributed by atoms with Crippen molar-refractivity contribution < 1.29 is 32.7 Å². The molecule has 1 fully saturated rings. The lowest BCUT2D eigenvalue weighted by molar-refractivity contribution is -0.140. The second kappa shape index (κ2) is 9.53. The van der Waals surface area contributed by atoms with E-state index in [1.165, 1.54) is 39.6 Å². The van der Waals surface area contributed by atoms with Crippen molar-refractivity contribution in [3.63, 3.8) is 0 Å². The van der Waals surface area contributed by atoms with Crippen molar-refractivity contribution in [1.82, 2.24) is 29.5 Å². The van der Waals surface area contributed by atoms with E-state index in [1.807, 2.05) is 5.10 Å². The summed E-state index contributed by atoms with van der Waals surface area (Å²) in [7, 11) is 1.39. The predicted octanol–water partition coefficient (Wildman–Crippen LogP) is 3.17. The van der Waals surface area contributed by atoms with Crippen LogP contribution in [0.25, 0.3) is 11.3 Å². The molecular weight excluding hydrogens is 507 g/mol. The molecule has 0 spiro atoms. The number of aromatic nitrogens is 4. The minimum Gasteiger partial charge on any atom is -0.465 e. The Labute approximate surface area is 206 Å². The largest absolute Gasteiger partial charge is 0.465 e. The number of carboxylic acid groups (broad SMARTS) is 1. The number of benzene rings is 1. The number of amides is 3. The first kappa shape index (κ1) is 25.0. The molecule has 36 heavy (non-hydrogen) atoms. The summed E-state index contributed by atoms with van der Waals surface area (Å²) >= 11 is 6.27. The second-order valence-corrected chi connectivity index (χ2v) is 8.30. The van der Waals surface area contributed by atoms with E-state index < -0.39 is 23.9 Å². The molecule has 1 aliphatic heterocycles. The number of piperazine rings is 1. The SMILES string of the molecule is Cn1c(-c2cn[nH]c2C(F)(F)F)cnc1C(=O)Nc1ccc(C(=O)N2CCN(C(=O)O)CC2)c(Cl)c1. The Morgan fingerprint density at radius 1 is 1.11 bits per heavy atom. The van der Waals surface area contributed by atoms with Crippen LogP contribution in [-0.4, -0.2) is 78.7 Å². The molecule has 0 radical (unpaired) electrons. The van der Waals surface area contributed by atoms with Gasteiger partial charge in [-0.25, -0.2) is 9.78 Å². The van der Waals surface area contributed by atoms with Crippen LogP contribution in [0.15, 0.2) is 30.6 Å². The van der Waals surface area contributed by atoms with Gasteiger partial charge in [0.05, 0.1) is 34.2 Å². The Balaban J connectivity index is 1.47. The molecule has 3 amide bonds. The summed E-state index contributed by atoms with van der Waals surface area (Å²) in [5.74, 6) is -1.25. The summed E-state index contributed by atoms with van der Waals surface area (Å²) in [6, 6.07) is 4.24. The van der Waals surface area contributed by atoms with Crippen LogP contribution in [0.2, 0.25) is 5.02 Å². The maximum Gasteiger partial charge on any atom is 0.433 e. The fraction of sp³-hybridized carbons (Fsp3) is 0.286. The van der Waals surface area contributed by atoms with Gasteiger partial charge in [-0.1, -0.05) is 11.6 Å². The lowest BCUT2D eigenvalue weighted by Crippen LogP contribution is -2.50. The van der Waals surface area contributed by atoms with E-state index in [2.05, 4.69) is 15.4 Å². The first-order chi connectivity index (χ1) is 17.0. The zero-order valence-corrected chi connectivity index (χ0v) is 19.4. The van der Waals surface area contributed by atoms with E-state index in [0.29, 0.717) is 0 Å². The minimum atomic E-state index is -4.67. The fourth-order valence-electron chi connectivity index (χ4n) is 3.79. The van der Waals surface area contributed by atoms with Gasteiger partial charge >= 0.3 is 12.3 Å². The number of aromatic amines is 1. The van der Waals surface area contributed by atoms with Gasteiger partial charge in [-0.2, -0.15) is 18.3 Å². The van der Waals surface area contributed by atoms with Crippen molar-refractivity contribution in [2.45, 2.75) is 6.18 Å². The Morgan fingerprint density at radius 3 is 2.39 bits per heavy atom. The third-order valence-corrected chi connectivity index (χ3v) is 6.00. The molecular formula is C21H19ClF3N7O4. The number of H-pyrrole nitrogens is 1. The monoisotopic (exact) mass is 525 g/mol. The third-order valence-electron chi connectivity index (χ3n) is 5.68. The zero-order valence-electron chi connectivity index (χ0n) is 18.6. The number of hydrogen-bond acceptors (Lipinski definition) is 5. The summed E-state index contributed by atoms with van der Waals surface area (Å²) in [5, 5.41) is 17.0. The van der Waals surface area contributed by atoms with E-state index >= 15 is 0 Å². The standard InChI is InChI=1S/C21H19ClF3N7O4/c1-30-15(13-9-27-29-16(13)21(23,24)25)10-26-17(30)18(33)28-11-2-3-12(14(22)8-11)19(34)31-4-6-32(7-5-31)20(35)36/h2-3,8-10H,4-7H2,1H3,(H,27,29)(H,28,33)(H,35,36). The highest BCUT2D eigenvalue weighted by atomic mass is 35.5. The summed E-state index contributed by atoms with van der Waals surface area (Å²) in [6.45, 7) is 0.797. The van der Waals surface area contributed by atoms with Gasteiger partial charge < -0.3 is 24.8 Å². The number of carbonyl (C=O) groups excluding carboxylic acids is 2. The lowest BCUT2D eigenvalue weighted by Gasteiger charge is -2.33. The molecule has 0 bridgehead atoms. The predicted molar refractivity (Wildman–Crippen MR) is 121 cm³/mol. The van der Waals surface area contributed by atoms with Gasteiger partial charge in [0.1, 0.15) is 5.69 Å². The second-order valence-electron chi connectivity index (χ2n) is 7.89. The van der Waals surface area contributed by atoms with E-state index in [9.17, 15) is 27.6 Å². The molecule has 11 nitrogen and oxygen atoms in total. The Bertz CT molecular complexity index is 1330. The van der Waals surface area contributed by atoms with Gasteiger partial charge in [-0.05, 0) is 18.2 Å². The molecule has 3 N–H and O–H groups in total. The highest BCUT2D eigenvalue weighted by Gasteiger charge is 2.37. The van der Waals surface area contributed by atoms with Crippen LogP contribution in [-0.2, 0) is 13.2 Å². The highest BCUT2D eigenvalue weighted by molar-refractivity contribution is 6.34. The minimum absolute atomic E-state index is 0.0307. The van der Waals surface area contributed by atoms with Crippen LogP contribution >= 0.6 is 11.6 Å². The first-order valence-corrected chi connectivity index (χ1v) is 10.9. The van der Waals surface area contributed by atoms with Gasteiger partial charge in [-0.3, -0.25) is 14.7 Å². The number of hydrogen-bond donors (Lipinski definition) is 3. The van der Waals surface area contributed by atoms with Crippen LogP contribution in [0.5, 0.6) is 0 Å². The molecule has 2 aromatic heterocycles. The number of alkyl halides is 3. The maximum absolute atomic E-state index is 13.2. The fourth-order valence-corrected chi connectivity index (χ4v) is 4.05. The van der Waals surface area contributed by atoms with E-state index in [1.54, 1.807) is 0 Å². The van der Waals surface area contributed by atoms with Crippen LogP contribution < -0.4 is 5.32 Å². The molecule has 15 heteroatoms. The van der Waals surface area contributed by atoms with Gasteiger partial charge in [0.2, 0.25) is 0 Å². The van der Waals surface area contributed by atoms with Crippen molar-refractivity contribution in [1.29, 1.82) is 0 Å². The van der Waals surface area contributed by atoms with Crippen molar-refractivity contribution in [3.8, 4) is 11.3 Å². The zero-order chi connectivity index (χ0) is 26.2. The lowest BCUT2D eigenvalue weighted by atomic mass is 10.1. The summed E-state index contributed by atoms with van der Waals surface area (Å²) < 4.78 is 40.8. The molecule has 1 aliphatic rings. The van der Waals surface area contributed by atoms with E-state index in [-0.39, 0.29) is 65.4 Å².